The van der Waals surface area contributed by atoms with Crippen molar-refractivity contribution in [1.29, 1.82) is 0 Å². The van der Waals surface area contributed by atoms with E-state index in [0.717, 1.165) is 40.1 Å². The van der Waals surface area contributed by atoms with Crippen molar-refractivity contribution in [3.8, 4) is 11.3 Å². The molecule has 1 fully saturated rings. The van der Waals surface area contributed by atoms with E-state index in [4.69, 9.17) is 6.57 Å². The second-order valence-electron chi connectivity index (χ2n) is 9.49. The number of nitrogens with one attached hydrogen (secondary N) is 1. The van der Waals surface area contributed by atoms with Crippen molar-refractivity contribution in [3.05, 3.63) is 52.6 Å². The van der Waals surface area contributed by atoms with Crippen molar-refractivity contribution >= 4 is 22.4 Å². The molecule has 5 heterocycles. The molecule has 8 nitrogen and oxygen atoms in total. The number of aryl methyl sites for hydroxylation is 1. The molecule has 1 aliphatic heterocycles. The van der Waals surface area contributed by atoms with E-state index in [1.165, 1.54) is 0 Å². The average molecular weight is 461 g/mol. The van der Waals surface area contributed by atoms with E-state index in [1.807, 2.05) is 18.0 Å². The predicted octanol–water partition coefficient (Wildman–Crippen LogP) is 4.54. The molecule has 9 heteroatoms. The maximum atomic E-state index is 16.2. The first-order valence-electron chi connectivity index (χ1n) is 11.6. The third kappa shape index (κ3) is 3.41. The van der Waals surface area contributed by atoms with Crippen molar-refractivity contribution in [1.82, 2.24) is 29.5 Å². The van der Waals surface area contributed by atoms with Crippen LogP contribution in [0.4, 0.5) is 10.2 Å². The van der Waals surface area contributed by atoms with Gasteiger partial charge in [0, 0.05) is 42.8 Å². The van der Waals surface area contributed by atoms with E-state index in [9.17, 15) is 0 Å². The molecule has 176 valence electrons. The van der Waals surface area contributed by atoms with E-state index in [2.05, 4.69) is 57.5 Å². The molecule has 34 heavy (non-hydrogen) atoms. The number of fused-ring (bicyclic) bond motifs is 2. The van der Waals surface area contributed by atoms with E-state index < -0.39 is 0 Å². The number of rotatable bonds is 4. The van der Waals surface area contributed by atoms with E-state index in [-0.39, 0.29) is 17.8 Å². The molecule has 0 radical (unpaired) electrons. The lowest BCUT2D eigenvalue weighted by Gasteiger charge is -2.38. The molecule has 1 N–H and O–H groups in total. The van der Waals surface area contributed by atoms with Gasteiger partial charge in [-0.05, 0) is 43.4 Å². The zero-order valence-electron chi connectivity index (χ0n) is 20.2. The summed E-state index contributed by atoms with van der Waals surface area (Å²) in [5, 5.41) is 4.93. The SMILES string of the molecule is [C-]#[N+]CN1CCN(c2ncc3[nH]c(-c4cn5ncnc5c(C)c4C)c(C(C)C)c3c2F)[C@H](C)C1. The second kappa shape index (κ2) is 8.37. The number of halogens is 1. The fourth-order valence-electron chi connectivity index (χ4n) is 5.18. The van der Waals surface area contributed by atoms with Gasteiger partial charge in [0.25, 0.3) is 6.67 Å². The average Bonchev–Trinajstić information content (AvgIpc) is 3.42. The van der Waals surface area contributed by atoms with Gasteiger partial charge in [-0.1, -0.05) is 13.8 Å². The van der Waals surface area contributed by atoms with Crippen LogP contribution in [0, 0.1) is 26.2 Å². The summed E-state index contributed by atoms with van der Waals surface area (Å²) in [6.07, 6.45) is 5.26. The maximum Gasteiger partial charge on any atom is 0.270 e. The van der Waals surface area contributed by atoms with Crippen LogP contribution in [0.3, 0.4) is 0 Å². The molecule has 4 aromatic heterocycles. The highest BCUT2D eigenvalue weighted by atomic mass is 19.1. The van der Waals surface area contributed by atoms with E-state index >= 15 is 4.39 Å². The minimum atomic E-state index is -0.287. The first-order valence-corrected chi connectivity index (χ1v) is 11.6. The first kappa shape index (κ1) is 22.3. The molecular weight excluding hydrogens is 431 g/mol. The van der Waals surface area contributed by atoms with Gasteiger partial charge in [-0.3, -0.25) is 4.85 Å². The predicted molar refractivity (Wildman–Crippen MR) is 131 cm³/mol. The molecule has 0 aliphatic carbocycles. The largest absolute Gasteiger partial charge is 0.353 e. The van der Waals surface area contributed by atoms with E-state index in [1.54, 1.807) is 17.0 Å². The molecule has 0 saturated carbocycles. The molecule has 4 aromatic rings. The number of nitrogens with zero attached hydrogens (tertiary/aromatic N) is 7. The van der Waals surface area contributed by atoms with Gasteiger partial charge in [0.2, 0.25) is 0 Å². The molecule has 0 bridgehead atoms. The van der Waals surface area contributed by atoms with E-state index in [0.29, 0.717) is 36.5 Å². The Bertz CT molecular complexity index is 1430. The lowest BCUT2D eigenvalue weighted by atomic mass is 9.94. The maximum absolute atomic E-state index is 16.2. The highest BCUT2D eigenvalue weighted by Gasteiger charge is 2.30. The summed E-state index contributed by atoms with van der Waals surface area (Å²) in [7, 11) is 0. The molecule has 5 rings (SSSR count). The summed E-state index contributed by atoms with van der Waals surface area (Å²) in [5.74, 6) is 0.188. The normalized spacial score (nSPS) is 17.2. The van der Waals surface area contributed by atoms with Crippen LogP contribution in [0.1, 0.15) is 43.4 Å². The lowest BCUT2D eigenvalue weighted by Crippen LogP contribution is -2.52. The molecule has 0 spiro atoms. The van der Waals surface area contributed by atoms with Gasteiger partial charge >= 0.3 is 0 Å². The van der Waals surface area contributed by atoms with Crippen LogP contribution in [-0.4, -0.2) is 61.8 Å². The Hall–Kier alpha value is -3.51. The van der Waals surface area contributed by atoms with Crippen LogP contribution >= 0.6 is 0 Å². The van der Waals surface area contributed by atoms with Gasteiger partial charge in [0.15, 0.2) is 17.3 Å². The Kier molecular flexibility index (Phi) is 5.48. The number of hydrogen-bond acceptors (Lipinski definition) is 5. The quantitative estimate of drug-likeness (QED) is 0.453. The Morgan fingerprint density at radius 3 is 2.74 bits per heavy atom. The minimum Gasteiger partial charge on any atom is -0.353 e. The summed E-state index contributed by atoms with van der Waals surface area (Å²) in [5.41, 5.74) is 6.48. The van der Waals surface area contributed by atoms with Crippen LogP contribution in [0.15, 0.2) is 18.7 Å². The lowest BCUT2D eigenvalue weighted by molar-refractivity contribution is 0.248. The van der Waals surface area contributed by atoms with Gasteiger partial charge in [0.05, 0.1) is 17.4 Å². The molecule has 0 amide bonds. The third-order valence-electron chi connectivity index (χ3n) is 7.03. The van der Waals surface area contributed by atoms with Gasteiger partial charge in [-0.25, -0.2) is 30.3 Å². The molecule has 1 aliphatic rings. The summed E-state index contributed by atoms with van der Waals surface area (Å²) >= 11 is 0. The Labute approximate surface area is 198 Å². The first-order chi connectivity index (χ1) is 16.3. The Morgan fingerprint density at radius 2 is 2.03 bits per heavy atom. The van der Waals surface area contributed by atoms with Gasteiger partial charge in [0.1, 0.15) is 6.33 Å². The topological polar surface area (TPSA) is 69.7 Å². The van der Waals surface area contributed by atoms with Crippen LogP contribution in [0.5, 0.6) is 0 Å². The monoisotopic (exact) mass is 460 g/mol. The molecule has 1 saturated heterocycles. The summed E-state index contributed by atoms with van der Waals surface area (Å²) in [6, 6.07) is 0.0653. The number of anilines is 1. The zero-order valence-corrected chi connectivity index (χ0v) is 20.2. The number of pyridine rings is 2. The summed E-state index contributed by atoms with van der Waals surface area (Å²) in [4.78, 5) is 20.0. The molecule has 0 aromatic carbocycles. The smallest absolute Gasteiger partial charge is 0.270 e. The Balaban J connectivity index is 1.66. The molecule has 0 unspecified atom stereocenters. The van der Waals surface area contributed by atoms with Crippen molar-refractivity contribution < 1.29 is 4.39 Å². The van der Waals surface area contributed by atoms with Crippen molar-refractivity contribution in [2.75, 3.05) is 31.2 Å². The Morgan fingerprint density at radius 1 is 1.24 bits per heavy atom. The molecular formula is C25H29FN8. The van der Waals surface area contributed by atoms with Gasteiger partial charge < -0.3 is 9.88 Å². The summed E-state index contributed by atoms with van der Waals surface area (Å²) < 4.78 is 18.0. The minimum absolute atomic E-state index is 0.0653. The highest BCUT2D eigenvalue weighted by Crippen LogP contribution is 2.40. The van der Waals surface area contributed by atoms with Crippen LogP contribution in [0.2, 0.25) is 0 Å². The fourth-order valence-corrected chi connectivity index (χ4v) is 5.18. The van der Waals surface area contributed by atoms with Crippen LogP contribution in [-0.2, 0) is 0 Å². The number of aromatic nitrogens is 5. The van der Waals surface area contributed by atoms with Gasteiger partial charge in [-0.15, -0.1) is 0 Å². The van der Waals surface area contributed by atoms with Crippen molar-refractivity contribution in [2.45, 2.75) is 46.6 Å². The highest BCUT2D eigenvalue weighted by molar-refractivity contribution is 5.94. The number of H-pyrrole nitrogens is 1. The van der Waals surface area contributed by atoms with Crippen LogP contribution < -0.4 is 4.90 Å². The fraction of sp³-hybridized carbons (Fsp3) is 0.440. The number of piperazine rings is 1. The van der Waals surface area contributed by atoms with Crippen LogP contribution in [0.25, 0.3) is 32.7 Å². The zero-order chi connectivity index (χ0) is 24.1. The summed E-state index contributed by atoms with van der Waals surface area (Å²) in [6.45, 7) is 19.9. The second-order valence-corrected chi connectivity index (χ2v) is 9.49. The van der Waals surface area contributed by atoms with Gasteiger partial charge in [-0.2, -0.15) is 5.10 Å². The standard InChI is InChI=1S/C25H29FN8/c1-14(2)20-21-19(31-23(20)18-11-34-24(29-12-30-34)17(5)16(18)4)9-28-25(22(21)26)33-8-7-32(13-27-6)10-15(33)3/h9,11-12,14-15,31H,7-8,10,13H2,1-5H3/t15-/m1/s1. The van der Waals surface area contributed by atoms with Crippen molar-refractivity contribution in [3.63, 3.8) is 0 Å². The molecule has 1 atom stereocenters. The number of hydrogen-bond donors (Lipinski definition) is 1. The van der Waals surface area contributed by atoms with Crippen molar-refractivity contribution in [2.24, 2.45) is 0 Å². The third-order valence-corrected chi connectivity index (χ3v) is 7.03. The number of aromatic amines is 1.